The van der Waals surface area contributed by atoms with Crippen molar-refractivity contribution in [1.29, 1.82) is 0 Å². The minimum atomic E-state index is -3.73. The molecule has 1 aliphatic heterocycles. The Morgan fingerprint density at radius 3 is 2.74 bits per heavy atom. The molecule has 0 unspecified atom stereocenters. The van der Waals surface area contributed by atoms with Crippen LogP contribution in [0.15, 0.2) is 23.1 Å². The molecule has 0 bridgehead atoms. The lowest BCUT2D eigenvalue weighted by Crippen LogP contribution is -2.49. The topological polar surface area (TPSA) is 131 Å². The SMILES string of the molecule is COCCCNC(=O)[C@H](C)NC(=O)C1CCN(S(=O)(=O)c2cccc3nsnc23)CC1. The molecule has 1 atom stereocenters. The second kappa shape index (κ2) is 10.4. The average molecular weight is 470 g/mol. The molecule has 0 radical (unpaired) electrons. The minimum Gasteiger partial charge on any atom is -0.385 e. The number of carbonyl (C=O) groups is 2. The number of nitrogens with one attached hydrogen (secondary N) is 2. The number of amides is 2. The van der Waals surface area contributed by atoms with Crippen molar-refractivity contribution in [3.8, 4) is 0 Å². The van der Waals surface area contributed by atoms with Gasteiger partial charge < -0.3 is 15.4 Å². The average Bonchev–Trinajstić information content (AvgIpc) is 3.25. The summed E-state index contributed by atoms with van der Waals surface area (Å²) in [4.78, 5) is 24.8. The fourth-order valence-corrected chi connectivity index (χ4v) is 5.69. The molecule has 0 saturated carbocycles. The first-order valence-corrected chi connectivity index (χ1v) is 12.3. The van der Waals surface area contributed by atoms with E-state index in [9.17, 15) is 18.0 Å². The van der Waals surface area contributed by atoms with E-state index < -0.39 is 16.1 Å². The van der Waals surface area contributed by atoms with Crippen molar-refractivity contribution in [2.75, 3.05) is 33.4 Å². The van der Waals surface area contributed by atoms with Crippen LogP contribution >= 0.6 is 11.7 Å². The molecule has 1 aliphatic rings. The number of aromatic nitrogens is 2. The van der Waals surface area contributed by atoms with Gasteiger partial charge in [-0.25, -0.2) is 8.42 Å². The highest BCUT2D eigenvalue weighted by Gasteiger charge is 2.34. The first-order chi connectivity index (χ1) is 14.8. The van der Waals surface area contributed by atoms with Crippen LogP contribution in [-0.4, -0.2) is 72.7 Å². The predicted molar refractivity (Wildman–Crippen MR) is 116 cm³/mol. The van der Waals surface area contributed by atoms with Crippen LogP contribution in [0.25, 0.3) is 11.0 Å². The summed E-state index contributed by atoms with van der Waals surface area (Å²) >= 11 is 0.974. The summed E-state index contributed by atoms with van der Waals surface area (Å²) in [6.07, 6.45) is 1.47. The molecule has 2 aromatic rings. The van der Waals surface area contributed by atoms with E-state index in [2.05, 4.69) is 19.4 Å². The van der Waals surface area contributed by atoms with E-state index in [1.807, 2.05) is 0 Å². The molecule has 170 valence electrons. The maximum Gasteiger partial charge on any atom is 0.245 e. The summed E-state index contributed by atoms with van der Waals surface area (Å²) in [5.41, 5.74) is 0.924. The van der Waals surface area contributed by atoms with Crippen molar-refractivity contribution in [3.05, 3.63) is 18.2 Å². The summed E-state index contributed by atoms with van der Waals surface area (Å²) in [6, 6.07) is 4.25. The maximum absolute atomic E-state index is 13.1. The van der Waals surface area contributed by atoms with Gasteiger partial charge in [-0.1, -0.05) is 6.07 Å². The van der Waals surface area contributed by atoms with Crippen LogP contribution < -0.4 is 10.6 Å². The highest BCUT2D eigenvalue weighted by Crippen LogP contribution is 2.28. The molecule has 1 aromatic carbocycles. The minimum absolute atomic E-state index is 0.139. The third-order valence-electron chi connectivity index (χ3n) is 5.27. The number of piperidine rings is 1. The van der Waals surface area contributed by atoms with Crippen molar-refractivity contribution < 1.29 is 22.7 Å². The molecule has 1 aromatic heterocycles. The monoisotopic (exact) mass is 469 g/mol. The fourth-order valence-electron chi connectivity index (χ4n) is 3.46. The number of ether oxygens (including phenoxy) is 1. The summed E-state index contributed by atoms with van der Waals surface area (Å²) in [6.45, 7) is 3.12. The number of benzene rings is 1. The lowest BCUT2D eigenvalue weighted by Gasteiger charge is -2.31. The van der Waals surface area contributed by atoms with Gasteiger partial charge in [-0.2, -0.15) is 13.1 Å². The van der Waals surface area contributed by atoms with E-state index in [-0.39, 0.29) is 35.7 Å². The lowest BCUT2D eigenvalue weighted by atomic mass is 9.97. The van der Waals surface area contributed by atoms with Crippen molar-refractivity contribution in [3.63, 3.8) is 0 Å². The molecule has 12 heteroatoms. The Balaban J connectivity index is 1.53. The largest absolute Gasteiger partial charge is 0.385 e. The number of sulfonamides is 1. The van der Waals surface area contributed by atoms with Gasteiger partial charge in [0.2, 0.25) is 21.8 Å². The number of carbonyl (C=O) groups excluding carboxylic acids is 2. The molecule has 2 N–H and O–H groups in total. The molecule has 2 amide bonds. The number of hydrogen-bond donors (Lipinski definition) is 2. The van der Waals surface area contributed by atoms with Crippen molar-refractivity contribution in [2.24, 2.45) is 5.92 Å². The second-order valence-electron chi connectivity index (χ2n) is 7.43. The van der Waals surface area contributed by atoms with E-state index in [4.69, 9.17) is 4.74 Å². The summed E-state index contributed by atoms with van der Waals surface area (Å²) in [5, 5.41) is 5.48. The van der Waals surface area contributed by atoms with Gasteiger partial charge in [0.15, 0.2) is 0 Å². The third kappa shape index (κ3) is 5.56. The van der Waals surface area contributed by atoms with Crippen molar-refractivity contribution in [1.82, 2.24) is 23.7 Å². The Bertz CT molecular complexity index is 1020. The molecule has 0 aliphatic carbocycles. The van der Waals surface area contributed by atoms with Gasteiger partial charge >= 0.3 is 0 Å². The standard InChI is InChI=1S/C19H27N5O5S2/c1-13(18(25)20-9-4-12-29-2)21-19(26)14-7-10-24(11-8-14)31(27,28)16-6-3-5-15-17(16)23-30-22-15/h3,5-6,13-14H,4,7-12H2,1-2H3,(H,20,25)(H,21,26)/t13-/m0/s1. The molecule has 1 fully saturated rings. The summed E-state index contributed by atoms with van der Waals surface area (Å²) in [5.74, 6) is -0.830. The van der Waals surface area contributed by atoms with Crippen molar-refractivity contribution >= 4 is 44.6 Å². The zero-order valence-corrected chi connectivity index (χ0v) is 19.2. The van der Waals surface area contributed by atoms with Gasteiger partial charge in [-0.05, 0) is 38.3 Å². The van der Waals surface area contributed by atoms with Crippen LogP contribution in [0.5, 0.6) is 0 Å². The molecule has 2 heterocycles. The number of methoxy groups -OCH3 is 1. The summed E-state index contributed by atoms with van der Waals surface area (Å²) < 4.78 is 40.7. The van der Waals surface area contributed by atoms with Crippen molar-refractivity contribution in [2.45, 2.75) is 37.1 Å². The van der Waals surface area contributed by atoms with E-state index in [0.717, 1.165) is 11.7 Å². The second-order valence-corrected chi connectivity index (χ2v) is 9.87. The van der Waals surface area contributed by atoms with Gasteiger partial charge in [-0.15, -0.1) is 0 Å². The zero-order valence-electron chi connectivity index (χ0n) is 17.5. The smallest absolute Gasteiger partial charge is 0.245 e. The predicted octanol–water partition coefficient (Wildman–Crippen LogP) is 0.749. The van der Waals surface area contributed by atoms with E-state index in [1.54, 1.807) is 26.2 Å². The molecule has 3 rings (SSSR count). The van der Waals surface area contributed by atoms with Crippen LogP contribution in [-0.2, 0) is 24.3 Å². The number of fused-ring (bicyclic) bond motifs is 1. The first kappa shape index (κ1) is 23.5. The van der Waals surface area contributed by atoms with Crippen LogP contribution in [0.1, 0.15) is 26.2 Å². The first-order valence-electron chi connectivity index (χ1n) is 10.1. The molecule has 31 heavy (non-hydrogen) atoms. The molecule has 10 nitrogen and oxygen atoms in total. The van der Waals surface area contributed by atoms with Gasteiger partial charge in [-0.3, -0.25) is 9.59 Å². The highest BCUT2D eigenvalue weighted by atomic mass is 32.2. The number of rotatable bonds is 9. The van der Waals surface area contributed by atoms with Gasteiger partial charge in [0.25, 0.3) is 0 Å². The Morgan fingerprint density at radius 2 is 2.03 bits per heavy atom. The van der Waals surface area contributed by atoms with Gasteiger partial charge in [0.05, 0.1) is 11.7 Å². The number of hydrogen-bond acceptors (Lipinski definition) is 8. The van der Waals surface area contributed by atoms with Crippen LogP contribution in [0.4, 0.5) is 0 Å². The highest BCUT2D eigenvalue weighted by molar-refractivity contribution is 7.89. The Labute approximate surface area is 185 Å². The van der Waals surface area contributed by atoms with Crippen LogP contribution in [0.3, 0.4) is 0 Å². The maximum atomic E-state index is 13.1. The molecule has 1 saturated heterocycles. The van der Waals surface area contributed by atoms with E-state index in [0.29, 0.717) is 43.4 Å². The Hall–Kier alpha value is -2.15. The molecule has 0 spiro atoms. The summed E-state index contributed by atoms with van der Waals surface area (Å²) in [7, 11) is -2.13. The Kier molecular flexibility index (Phi) is 7.92. The fraction of sp³-hybridized carbons (Fsp3) is 0.579. The lowest BCUT2D eigenvalue weighted by molar-refractivity contribution is -0.131. The van der Waals surface area contributed by atoms with Gasteiger partial charge in [0.1, 0.15) is 22.0 Å². The van der Waals surface area contributed by atoms with Crippen LogP contribution in [0.2, 0.25) is 0 Å². The Morgan fingerprint density at radius 1 is 1.29 bits per heavy atom. The van der Waals surface area contributed by atoms with Crippen LogP contribution in [0, 0.1) is 5.92 Å². The molecular weight excluding hydrogens is 442 g/mol. The van der Waals surface area contributed by atoms with E-state index in [1.165, 1.54) is 10.4 Å². The van der Waals surface area contributed by atoms with E-state index >= 15 is 0 Å². The van der Waals surface area contributed by atoms with Gasteiger partial charge in [0, 0.05) is 39.3 Å². The third-order valence-corrected chi connectivity index (χ3v) is 7.74. The molecular formula is C19H27N5O5S2. The zero-order chi connectivity index (χ0) is 22.4. The normalized spacial score (nSPS) is 16.8. The quantitative estimate of drug-likeness (QED) is 0.518. The number of nitrogens with zero attached hydrogens (tertiary/aromatic N) is 3.